The lowest BCUT2D eigenvalue weighted by Gasteiger charge is -2.23. The maximum atomic E-state index is 13.1. The fourth-order valence-corrected chi connectivity index (χ4v) is 4.14. The number of halogens is 1. The molecule has 1 atom stereocenters. The molecule has 0 bridgehead atoms. The number of benzene rings is 2. The summed E-state index contributed by atoms with van der Waals surface area (Å²) < 4.78 is 30.6. The second-order valence-corrected chi connectivity index (χ2v) is 7.72. The number of ether oxygens (including phenoxy) is 3. The Bertz CT molecular complexity index is 986. The number of aromatic nitrogens is 1. The topological polar surface area (TPSA) is 60.9 Å². The molecule has 1 amide bonds. The van der Waals surface area contributed by atoms with Gasteiger partial charge in [0.05, 0.1) is 30.0 Å². The van der Waals surface area contributed by atoms with E-state index in [-0.39, 0.29) is 24.4 Å². The summed E-state index contributed by atoms with van der Waals surface area (Å²) in [6.45, 7) is 0.954. The van der Waals surface area contributed by atoms with Crippen LogP contribution in [0.2, 0.25) is 0 Å². The SMILES string of the molecule is COc1ccc2sc(N(CC3CCCO3)C(=O)COc3ccc(F)cc3)nc2c1. The first-order valence-electron chi connectivity index (χ1n) is 9.37. The second kappa shape index (κ2) is 8.75. The molecule has 0 N–H and O–H groups in total. The minimum Gasteiger partial charge on any atom is -0.497 e. The molecule has 29 heavy (non-hydrogen) atoms. The van der Waals surface area contributed by atoms with Gasteiger partial charge in [-0.1, -0.05) is 11.3 Å². The molecule has 1 unspecified atom stereocenters. The van der Waals surface area contributed by atoms with Gasteiger partial charge in [0, 0.05) is 12.7 Å². The highest BCUT2D eigenvalue weighted by molar-refractivity contribution is 7.22. The molecule has 0 spiro atoms. The van der Waals surface area contributed by atoms with Crippen LogP contribution in [-0.4, -0.2) is 43.9 Å². The Morgan fingerprint density at radius 2 is 2.07 bits per heavy atom. The molecule has 2 aromatic carbocycles. The third-order valence-corrected chi connectivity index (χ3v) is 5.76. The third-order valence-electron chi connectivity index (χ3n) is 4.70. The number of hydrogen-bond donors (Lipinski definition) is 0. The Labute approximate surface area is 171 Å². The molecule has 0 radical (unpaired) electrons. The van der Waals surface area contributed by atoms with Gasteiger partial charge in [-0.3, -0.25) is 9.69 Å². The fourth-order valence-electron chi connectivity index (χ4n) is 3.17. The van der Waals surface area contributed by atoms with E-state index in [0.717, 1.165) is 23.1 Å². The van der Waals surface area contributed by atoms with Crippen LogP contribution < -0.4 is 14.4 Å². The number of carbonyl (C=O) groups is 1. The lowest BCUT2D eigenvalue weighted by atomic mass is 10.2. The van der Waals surface area contributed by atoms with Crippen molar-refractivity contribution < 1.29 is 23.4 Å². The summed E-state index contributed by atoms with van der Waals surface area (Å²) in [7, 11) is 1.61. The van der Waals surface area contributed by atoms with E-state index < -0.39 is 0 Å². The molecule has 6 nitrogen and oxygen atoms in total. The minimum atomic E-state index is -0.353. The largest absolute Gasteiger partial charge is 0.497 e. The molecule has 1 aliphatic heterocycles. The molecule has 152 valence electrons. The van der Waals surface area contributed by atoms with Gasteiger partial charge in [-0.05, 0) is 49.2 Å². The Morgan fingerprint density at radius 1 is 1.28 bits per heavy atom. The number of fused-ring (bicyclic) bond motifs is 1. The van der Waals surface area contributed by atoms with Gasteiger partial charge in [-0.25, -0.2) is 9.37 Å². The van der Waals surface area contributed by atoms with E-state index in [1.807, 2.05) is 18.2 Å². The van der Waals surface area contributed by atoms with Crippen molar-refractivity contribution in [1.29, 1.82) is 0 Å². The minimum absolute atomic E-state index is 0.0219. The molecule has 1 aliphatic rings. The maximum absolute atomic E-state index is 13.1. The van der Waals surface area contributed by atoms with Gasteiger partial charge in [0.1, 0.15) is 17.3 Å². The molecule has 8 heteroatoms. The molecule has 4 rings (SSSR count). The number of rotatable bonds is 7. The zero-order chi connectivity index (χ0) is 20.2. The Balaban J connectivity index is 1.55. The molecular weight excluding hydrogens is 395 g/mol. The van der Waals surface area contributed by atoms with Crippen molar-refractivity contribution in [1.82, 2.24) is 4.98 Å². The van der Waals surface area contributed by atoms with Crippen LogP contribution >= 0.6 is 11.3 Å². The standard InChI is InChI=1S/C21H21FN2O4S/c1-26-16-8-9-19-18(11-16)23-21(29-19)24(12-17-3-2-10-27-17)20(25)13-28-15-6-4-14(22)5-7-15/h4-9,11,17H,2-3,10,12-13H2,1H3. The number of amides is 1. The van der Waals surface area contributed by atoms with E-state index in [9.17, 15) is 9.18 Å². The van der Waals surface area contributed by atoms with E-state index in [0.29, 0.717) is 29.8 Å². The smallest absolute Gasteiger partial charge is 0.266 e. The van der Waals surface area contributed by atoms with Crippen molar-refractivity contribution in [3.8, 4) is 11.5 Å². The van der Waals surface area contributed by atoms with Crippen LogP contribution in [0.25, 0.3) is 10.2 Å². The molecule has 1 saturated heterocycles. The number of thiazole rings is 1. The highest BCUT2D eigenvalue weighted by atomic mass is 32.1. The predicted molar refractivity (Wildman–Crippen MR) is 109 cm³/mol. The summed E-state index contributed by atoms with van der Waals surface area (Å²) in [4.78, 5) is 19.2. The number of carbonyl (C=O) groups excluding carboxylic acids is 1. The van der Waals surface area contributed by atoms with Gasteiger partial charge in [0.15, 0.2) is 11.7 Å². The molecule has 3 aromatic rings. The van der Waals surface area contributed by atoms with Crippen LogP contribution in [0.3, 0.4) is 0 Å². The van der Waals surface area contributed by atoms with Crippen molar-refractivity contribution in [2.75, 3.05) is 31.8 Å². The molecular formula is C21H21FN2O4S. The summed E-state index contributed by atoms with van der Waals surface area (Å²) in [6.07, 6.45) is 1.86. The summed E-state index contributed by atoms with van der Waals surface area (Å²) in [5.41, 5.74) is 0.772. The van der Waals surface area contributed by atoms with Crippen LogP contribution in [0, 0.1) is 5.82 Å². The third kappa shape index (κ3) is 4.65. The lowest BCUT2D eigenvalue weighted by molar-refractivity contribution is -0.120. The highest BCUT2D eigenvalue weighted by Gasteiger charge is 2.26. The molecule has 0 saturated carbocycles. The van der Waals surface area contributed by atoms with Crippen LogP contribution in [-0.2, 0) is 9.53 Å². The van der Waals surface area contributed by atoms with Gasteiger partial charge in [-0.15, -0.1) is 0 Å². The summed E-state index contributed by atoms with van der Waals surface area (Å²) in [5.74, 6) is 0.571. The maximum Gasteiger partial charge on any atom is 0.266 e. The first-order chi connectivity index (χ1) is 14.1. The van der Waals surface area contributed by atoms with Gasteiger partial charge in [0.2, 0.25) is 0 Å². The van der Waals surface area contributed by atoms with Gasteiger partial charge < -0.3 is 14.2 Å². The van der Waals surface area contributed by atoms with Crippen molar-refractivity contribution >= 4 is 32.6 Å². The summed E-state index contributed by atoms with van der Waals surface area (Å²) >= 11 is 1.44. The Hall–Kier alpha value is -2.71. The van der Waals surface area contributed by atoms with Crippen LogP contribution in [0.15, 0.2) is 42.5 Å². The van der Waals surface area contributed by atoms with Crippen LogP contribution in [0.1, 0.15) is 12.8 Å². The quantitative estimate of drug-likeness (QED) is 0.582. The highest BCUT2D eigenvalue weighted by Crippen LogP contribution is 2.32. The van der Waals surface area contributed by atoms with E-state index in [4.69, 9.17) is 14.2 Å². The summed E-state index contributed by atoms with van der Waals surface area (Å²) in [5, 5.41) is 0.594. The number of anilines is 1. The zero-order valence-corrected chi connectivity index (χ0v) is 16.8. The van der Waals surface area contributed by atoms with Crippen molar-refractivity contribution in [2.45, 2.75) is 18.9 Å². The summed E-state index contributed by atoms with van der Waals surface area (Å²) in [6, 6.07) is 11.2. The van der Waals surface area contributed by atoms with Crippen molar-refractivity contribution in [3.63, 3.8) is 0 Å². The lowest BCUT2D eigenvalue weighted by Crippen LogP contribution is -2.40. The monoisotopic (exact) mass is 416 g/mol. The Morgan fingerprint density at radius 3 is 2.79 bits per heavy atom. The molecule has 1 aromatic heterocycles. The average Bonchev–Trinajstić information content (AvgIpc) is 3.40. The van der Waals surface area contributed by atoms with Crippen LogP contribution in [0.4, 0.5) is 9.52 Å². The van der Waals surface area contributed by atoms with Gasteiger partial charge in [0.25, 0.3) is 5.91 Å². The predicted octanol–water partition coefficient (Wildman–Crippen LogP) is 4.04. The van der Waals surface area contributed by atoms with E-state index in [1.165, 1.54) is 35.6 Å². The molecule has 1 fully saturated rings. The first-order valence-corrected chi connectivity index (χ1v) is 10.2. The zero-order valence-electron chi connectivity index (χ0n) is 16.0. The van der Waals surface area contributed by atoms with Gasteiger partial charge in [-0.2, -0.15) is 0 Å². The molecule has 2 heterocycles. The van der Waals surface area contributed by atoms with Crippen LogP contribution in [0.5, 0.6) is 11.5 Å². The van der Waals surface area contributed by atoms with E-state index in [1.54, 1.807) is 12.0 Å². The Kier molecular flexibility index (Phi) is 5.92. The fraction of sp³-hybridized carbons (Fsp3) is 0.333. The first kappa shape index (κ1) is 19.6. The average molecular weight is 416 g/mol. The van der Waals surface area contributed by atoms with E-state index in [2.05, 4.69) is 4.98 Å². The van der Waals surface area contributed by atoms with Crippen molar-refractivity contribution in [3.05, 3.63) is 48.3 Å². The van der Waals surface area contributed by atoms with Crippen molar-refractivity contribution in [2.24, 2.45) is 0 Å². The number of methoxy groups -OCH3 is 1. The van der Waals surface area contributed by atoms with E-state index >= 15 is 0 Å². The number of hydrogen-bond acceptors (Lipinski definition) is 6. The second-order valence-electron chi connectivity index (χ2n) is 6.71. The normalized spacial score (nSPS) is 16.1. The van der Waals surface area contributed by atoms with Gasteiger partial charge >= 0.3 is 0 Å². The molecule has 0 aliphatic carbocycles. The number of nitrogens with zero attached hydrogens (tertiary/aromatic N) is 2.